The molecule has 0 bridgehead atoms. The fourth-order valence-electron chi connectivity index (χ4n) is 2.96. The lowest BCUT2D eigenvalue weighted by Crippen LogP contribution is -2.50. The van der Waals surface area contributed by atoms with E-state index in [1.54, 1.807) is 31.2 Å². The maximum atomic E-state index is 13.2. The van der Waals surface area contributed by atoms with Gasteiger partial charge in [0.2, 0.25) is 21.8 Å². The lowest BCUT2D eigenvalue weighted by atomic mass is 10.1. The summed E-state index contributed by atoms with van der Waals surface area (Å²) < 4.78 is 26.7. The van der Waals surface area contributed by atoms with Crippen molar-refractivity contribution in [3.05, 3.63) is 64.1 Å². The van der Waals surface area contributed by atoms with E-state index in [4.69, 9.17) is 23.2 Å². The summed E-state index contributed by atoms with van der Waals surface area (Å²) in [5.74, 6) is -0.824. The molecule has 2 aromatic rings. The van der Waals surface area contributed by atoms with Gasteiger partial charge < -0.3 is 10.2 Å². The second kappa shape index (κ2) is 11.7. The molecular weight excluding hydrogens is 473 g/mol. The molecule has 0 spiro atoms. The summed E-state index contributed by atoms with van der Waals surface area (Å²) in [6.45, 7) is 3.69. The first-order chi connectivity index (χ1) is 15.1. The van der Waals surface area contributed by atoms with Crippen LogP contribution in [0.1, 0.15) is 25.8 Å². The van der Waals surface area contributed by atoms with Crippen molar-refractivity contribution in [2.45, 2.75) is 37.8 Å². The van der Waals surface area contributed by atoms with Gasteiger partial charge in [-0.1, -0.05) is 42.3 Å². The molecule has 0 saturated heterocycles. The zero-order chi connectivity index (χ0) is 23.9. The number of carbonyl (C=O) groups excluding carboxylic acids is 2. The Kier molecular flexibility index (Phi) is 9.51. The Bertz CT molecular complexity index is 1050. The maximum Gasteiger partial charge on any atom is 0.243 e. The first kappa shape index (κ1) is 26.1. The average Bonchev–Trinajstić information content (AvgIpc) is 2.75. The van der Waals surface area contributed by atoms with Gasteiger partial charge in [0.05, 0.1) is 11.4 Å². The Hall–Kier alpha value is -2.13. The molecule has 0 fully saturated rings. The molecule has 7 nitrogen and oxygen atoms in total. The second-order valence-electron chi connectivity index (χ2n) is 7.33. The third-order valence-corrected chi connectivity index (χ3v) is 7.14. The molecule has 0 heterocycles. The molecule has 1 atom stereocenters. The van der Waals surface area contributed by atoms with Gasteiger partial charge in [-0.05, 0) is 55.3 Å². The summed E-state index contributed by atoms with van der Waals surface area (Å²) >= 11 is 11.9. The Balaban J connectivity index is 2.25. The number of sulfonamides is 1. The zero-order valence-electron chi connectivity index (χ0n) is 18.2. The van der Waals surface area contributed by atoms with E-state index in [9.17, 15) is 18.0 Å². The molecule has 0 aliphatic heterocycles. The van der Waals surface area contributed by atoms with Gasteiger partial charge >= 0.3 is 0 Å². The molecule has 0 aliphatic rings. The van der Waals surface area contributed by atoms with Gasteiger partial charge in [0.25, 0.3) is 0 Å². The second-order valence-corrected chi connectivity index (χ2v) is 10.3. The van der Waals surface area contributed by atoms with Crippen LogP contribution in [0.2, 0.25) is 10.0 Å². The van der Waals surface area contributed by atoms with Crippen LogP contribution in [0.15, 0.2) is 53.4 Å². The molecule has 2 rings (SSSR count). The van der Waals surface area contributed by atoms with E-state index >= 15 is 0 Å². The highest BCUT2D eigenvalue weighted by Crippen LogP contribution is 2.19. The van der Waals surface area contributed by atoms with Crippen molar-refractivity contribution in [2.24, 2.45) is 0 Å². The van der Waals surface area contributed by atoms with E-state index in [0.29, 0.717) is 16.6 Å². The number of nitrogens with zero attached hydrogens (tertiary/aromatic N) is 2. The van der Waals surface area contributed by atoms with Crippen LogP contribution in [-0.2, 0) is 26.2 Å². The highest BCUT2D eigenvalue weighted by molar-refractivity contribution is 7.89. The summed E-state index contributed by atoms with van der Waals surface area (Å²) in [6, 6.07) is 11.8. The summed E-state index contributed by atoms with van der Waals surface area (Å²) in [5.41, 5.74) is 0.726. The number of hydrogen-bond donors (Lipinski definition) is 1. The van der Waals surface area contributed by atoms with E-state index in [1.165, 1.54) is 36.2 Å². The number of likely N-dealkylation sites (N-methyl/N-ethyl adjacent to an activating group) is 1. The number of carbonyl (C=O) groups is 2. The predicted octanol–water partition coefficient (Wildman–Crippen LogP) is 3.56. The van der Waals surface area contributed by atoms with Crippen LogP contribution in [0.4, 0.5) is 0 Å². The van der Waals surface area contributed by atoms with Gasteiger partial charge in [0.1, 0.15) is 6.04 Å². The van der Waals surface area contributed by atoms with E-state index in [0.717, 1.165) is 16.3 Å². The van der Waals surface area contributed by atoms with E-state index in [1.807, 2.05) is 6.92 Å². The van der Waals surface area contributed by atoms with Crippen LogP contribution in [0.3, 0.4) is 0 Å². The zero-order valence-corrected chi connectivity index (χ0v) is 20.5. The first-order valence-electron chi connectivity index (χ1n) is 10.1. The quantitative estimate of drug-likeness (QED) is 0.541. The fourth-order valence-corrected chi connectivity index (χ4v) is 4.42. The normalized spacial score (nSPS) is 12.4. The highest BCUT2D eigenvalue weighted by atomic mass is 35.5. The molecule has 0 unspecified atom stereocenters. The van der Waals surface area contributed by atoms with Crippen LogP contribution in [0.25, 0.3) is 0 Å². The van der Waals surface area contributed by atoms with Gasteiger partial charge in [0, 0.05) is 30.2 Å². The maximum absolute atomic E-state index is 13.2. The predicted molar refractivity (Wildman–Crippen MR) is 126 cm³/mol. The molecule has 0 saturated carbocycles. The molecule has 0 aliphatic carbocycles. The molecule has 0 radical (unpaired) electrons. The molecule has 32 heavy (non-hydrogen) atoms. The number of nitrogens with one attached hydrogen (secondary N) is 1. The van der Waals surface area contributed by atoms with Gasteiger partial charge in [-0.3, -0.25) is 9.59 Å². The molecule has 174 valence electrons. The van der Waals surface area contributed by atoms with Crippen molar-refractivity contribution in [1.82, 2.24) is 14.5 Å². The first-order valence-corrected chi connectivity index (χ1v) is 12.3. The van der Waals surface area contributed by atoms with E-state index in [2.05, 4.69) is 5.32 Å². The lowest BCUT2D eigenvalue weighted by molar-refractivity contribution is -0.140. The molecule has 1 N–H and O–H groups in total. The molecule has 10 heteroatoms. The number of amides is 2. The number of benzene rings is 2. The van der Waals surface area contributed by atoms with E-state index < -0.39 is 28.5 Å². The van der Waals surface area contributed by atoms with E-state index in [-0.39, 0.29) is 17.3 Å². The average molecular weight is 500 g/mol. The van der Waals surface area contributed by atoms with Crippen LogP contribution in [0, 0.1) is 0 Å². The summed E-state index contributed by atoms with van der Waals surface area (Å²) in [4.78, 5) is 27.1. The third-order valence-electron chi connectivity index (χ3n) is 4.84. The van der Waals surface area contributed by atoms with Crippen molar-refractivity contribution in [1.29, 1.82) is 0 Å². The minimum Gasteiger partial charge on any atom is -0.354 e. The van der Waals surface area contributed by atoms with Gasteiger partial charge in [-0.25, -0.2) is 8.42 Å². The topological polar surface area (TPSA) is 86.8 Å². The minimum atomic E-state index is -3.92. The smallest absolute Gasteiger partial charge is 0.243 e. The van der Waals surface area contributed by atoms with Crippen LogP contribution < -0.4 is 5.32 Å². The SMILES string of the molecule is CCCNC(=O)[C@@H](C)N(Cc1cccc(Cl)c1)C(=O)CN(C)S(=O)(=O)c1ccc(Cl)cc1. The Labute approximate surface area is 199 Å². The van der Waals surface area contributed by atoms with Crippen LogP contribution >= 0.6 is 23.2 Å². The number of halogens is 2. The van der Waals surface area contributed by atoms with Gasteiger partial charge in [0.15, 0.2) is 0 Å². The number of hydrogen-bond acceptors (Lipinski definition) is 4. The summed E-state index contributed by atoms with van der Waals surface area (Å²) in [5, 5.41) is 3.68. The Morgan fingerprint density at radius 3 is 2.31 bits per heavy atom. The Morgan fingerprint density at radius 2 is 1.72 bits per heavy atom. The monoisotopic (exact) mass is 499 g/mol. The van der Waals surface area contributed by atoms with Crippen LogP contribution in [0.5, 0.6) is 0 Å². The Morgan fingerprint density at radius 1 is 1.06 bits per heavy atom. The molecule has 2 amide bonds. The lowest BCUT2D eigenvalue weighted by Gasteiger charge is -2.30. The van der Waals surface area contributed by atoms with Crippen molar-refractivity contribution in [2.75, 3.05) is 20.1 Å². The summed E-state index contributed by atoms with van der Waals surface area (Å²) in [7, 11) is -2.60. The van der Waals surface area contributed by atoms with Crippen molar-refractivity contribution < 1.29 is 18.0 Å². The van der Waals surface area contributed by atoms with Crippen molar-refractivity contribution in [3.8, 4) is 0 Å². The molecule has 0 aromatic heterocycles. The molecular formula is C22H27Cl2N3O4S. The van der Waals surface area contributed by atoms with Crippen molar-refractivity contribution in [3.63, 3.8) is 0 Å². The largest absolute Gasteiger partial charge is 0.354 e. The minimum absolute atomic E-state index is 0.0207. The number of rotatable bonds is 10. The highest BCUT2D eigenvalue weighted by Gasteiger charge is 2.30. The fraction of sp³-hybridized carbons (Fsp3) is 0.364. The standard InChI is InChI=1S/C22H27Cl2N3O4S/c1-4-12-25-22(29)16(2)27(14-17-6-5-7-19(24)13-17)21(28)15-26(3)32(30,31)20-10-8-18(23)9-11-20/h5-11,13,16H,4,12,14-15H2,1-3H3,(H,25,29)/t16-/m1/s1. The van der Waals surface area contributed by atoms with Crippen molar-refractivity contribution >= 4 is 45.0 Å². The molecule has 2 aromatic carbocycles. The summed E-state index contributed by atoms with van der Waals surface area (Å²) in [6.07, 6.45) is 0.753. The van der Waals surface area contributed by atoms with Crippen LogP contribution in [-0.4, -0.2) is 55.6 Å². The van der Waals surface area contributed by atoms with Gasteiger partial charge in [-0.15, -0.1) is 0 Å². The van der Waals surface area contributed by atoms with Gasteiger partial charge in [-0.2, -0.15) is 4.31 Å². The third kappa shape index (κ3) is 6.93.